The summed E-state index contributed by atoms with van der Waals surface area (Å²) in [6.45, 7) is 2.12. The van der Waals surface area contributed by atoms with Crippen LogP contribution in [0.15, 0.2) is 24.3 Å². The van der Waals surface area contributed by atoms with Crippen LogP contribution in [-0.2, 0) is 15.7 Å². The normalized spacial score (nSPS) is 23.4. The van der Waals surface area contributed by atoms with Crippen molar-refractivity contribution in [2.75, 3.05) is 39.4 Å². The largest absolute Gasteiger partial charge is 0.506 e. The van der Waals surface area contributed by atoms with E-state index in [0.29, 0.717) is 38.3 Å². The number of hydrogen-bond acceptors (Lipinski definition) is 4. The molecule has 0 aliphatic carbocycles. The van der Waals surface area contributed by atoms with Crippen molar-refractivity contribution in [1.82, 2.24) is 9.80 Å². The Morgan fingerprint density at radius 2 is 1.71 bits per heavy atom. The van der Waals surface area contributed by atoms with Crippen LogP contribution in [0.1, 0.15) is 23.5 Å². The van der Waals surface area contributed by atoms with E-state index in [-0.39, 0.29) is 25.0 Å². The van der Waals surface area contributed by atoms with Crippen LogP contribution in [0.25, 0.3) is 0 Å². The minimum atomic E-state index is -4.43. The summed E-state index contributed by atoms with van der Waals surface area (Å²) in [5.74, 6) is -0.328. The van der Waals surface area contributed by atoms with Crippen LogP contribution in [0.4, 0.5) is 22.8 Å². The standard InChI is InChI=1S/C18H21F3N2O5/c19-18(20,21)14-3-1-12(2-4-14)13-9-15(28-17(25)26)11-23(10-13)16(24)22-5-7-27-8-6-22/h1-4,13,15H,5-11H2,(H,25,26). The van der Waals surface area contributed by atoms with E-state index in [4.69, 9.17) is 14.6 Å². The lowest BCUT2D eigenvalue weighted by atomic mass is 9.88. The number of hydrogen-bond donors (Lipinski definition) is 1. The summed E-state index contributed by atoms with van der Waals surface area (Å²) in [7, 11) is 0. The molecule has 2 heterocycles. The summed E-state index contributed by atoms with van der Waals surface area (Å²) in [6.07, 6.45) is -6.33. The summed E-state index contributed by atoms with van der Waals surface area (Å²) in [4.78, 5) is 26.9. The van der Waals surface area contributed by atoms with Crippen LogP contribution in [0, 0.1) is 0 Å². The molecule has 154 valence electrons. The van der Waals surface area contributed by atoms with Gasteiger partial charge < -0.3 is 24.4 Å². The van der Waals surface area contributed by atoms with Crippen molar-refractivity contribution in [2.24, 2.45) is 0 Å². The highest BCUT2D eigenvalue weighted by Crippen LogP contribution is 2.33. The summed E-state index contributed by atoms with van der Waals surface area (Å²) >= 11 is 0. The number of morpholine rings is 1. The van der Waals surface area contributed by atoms with Gasteiger partial charge in [-0.15, -0.1) is 0 Å². The average Bonchev–Trinajstić information content (AvgIpc) is 2.67. The second-order valence-corrected chi connectivity index (χ2v) is 6.85. The Morgan fingerprint density at radius 1 is 1.07 bits per heavy atom. The van der Waals surface area contributed by atoms with Crippen molar-refractivity contribution < 1.29 is 37.3 Å². The number of piperidine rings is 1. The number of ether oxygens (including phenoxy) is 2. The summed E-state index contributed by atoms with van der Waals surface area (Å²) < 4.78 is 48.5. The third-order valence-corrected chi connectivity index (χ3v) is 4.94. The molecule has 2 amide bonds. The average molecular weight is 402 g/mol. The quantitative estimate of drug-likeness (QED) is 0.770. The van der Waals surface area contributed by atoms with Crippen molar-refractivity contribution in [3.63, 3.8) is 0 Å². The predicted octanol–water partition coefficient (Wildman–Crippen LogP) is 3.01. The molecule has 1 aromatic carbocycles. The maximum absolute atomic E-state index is 12.8. The number of rotatable bonds is 2. The lowest BCUT2D eigenvalue weighted by Crippen LogP contribution is -2.54. The highest BCUT2D eigenvalue weighted by molar-refractivity contribution is 5.75. The zero-order valence-electron chi connectivity index (χ0n) is 15.0. The van der Waals surface area contributed by atoms with Crippen LogP contribution >= 0.6 is 0 Å². The fraction of sp³-hybridized carbons (Fsp3) is 0.556. The molecule has 0 radical (unpaired) electrons. The molecule has 3 rings (SSSR count). The molecule has 0 saturated carbocycles. The van der Waals surface area contributed by atoms with E-state index in [1.165, 1.54) is 17.0 Å². The van der Waals surface area contributed by atoms with E-state index < -0.39 is 24.0 Å². The lowest BCUT2D eigenvalue weighted by molar-refractivity contribution is -0.137. The molecule has 0 bridgehead atoms. The number of benzene rings is 1. The molecule has 2 aliphatic rings. The molecule has 1 aromatic rings. The molecule has 2 atom stereocenters. The van der Waals surface area contributed by atoms with Gasteiger partial charge in [-0.25, -0.2) is 9.59 Å². The first-order chi connectivity index (χ1) is 13.2. The Bertz CT molecular complexity index is 704. The van der Waals surface area contributed by atoms with E-state index in [2.05, 4.69) is 0 Å². The molecule has 7 nitrogen and oxygen atoms in total. The molecule has 0 spiro atoms. The van der Waals surface area contributed by atoms with Crippen molar-refractivity contribution in [1.29, 1.82) is 0 Å². The van der Waals surface area contributed by atoms with Crippen LogP contribution in [0.2, 0.25) is 0 Å². The predicted molar refractivity (Wildman–Crippen MR) is 91.1 cm³/mol. The number of likely N-dealkylation sites (tertiary alicyclic amines) is 1. The Morgan fingerprint density at radius 3 is 2.29 bits per heavy atom. The molecule has 2 fully saturated rings. The molecule has 2 aliphatic heterocycles. The van der Waals surface area contributed by atoms with Gasteiger partial charge in [-0.2, -0.15) is 13.2 Å². The number of amides is 2. The van der Waals surface area contributed by atoms with E-state index in [0.717, 1.165) is 12.1 Å². The first kappa shape index (κ1) is 20.2. The Hall–Kier alpha value is -2.49. The summed E-state index contributed by atoms with van der Waals surface area (Å²) in [5.41, 5.74) is -0.155. The molecule has 2 saturated heterocycles. The Kier molecular flexibility index (Phi) is 5.97. The maximum atomic E-state index is 12.8. The highest BCUT2D eigenvalue weighted by atomic mass is 19.4. The number of halogens is 3. The fourth-order valence-corrected chi connectivity index (χ4v) is 3.58. The third kappa shape index (κ3) is 4.86. The van der Waals surface area contributed by atoms with Gasteiger partial charge in [0.2, 0.25) is 0 Å². The second kappa shape index (κ2) is 8.26. The minimum Gasteiger partial charge on any atom is -0.450 e. The Balaban J connectivity index is 1.77. The number of nitrogens with zero attached hydrogens (tertiary/aromatic N) is 2. The van der Waals surface area contributed by atoms with Crippen LogP contribution < -0.4 is 0 Å². The zero-order valence-corrected chi connectivity index (χ0v) is 15.0. The number of carboxylic acid groups (broad SMARTS) is 1. The van der Waals surface area contributed by atoms with Crippen molar-refractivity contribution in [3.05, 3.63) is 35.4 Å². The zero-order chi connectivity index (χ0) is 20.3. The molecule has 10 heteroatoms. The van der Waals surface area contributed by atoms with E-state index >= 15 is 0 Å². The van der Waals surface area contributed by atoms with Crippen LogP contribution in [-0.4, -0.2) is 72.6 Å². The molecular weight excluding hydrogens is 381 g/mol. The van der Waals surface area contributed by atoms with Gasteiger partial charge in [0.1, 0.15) is 6.10 Å². The monoisotopic (exact) mass is 402 g/mol. The Labute approximate surface area is 159 Å². The molecular formula is C18H21F3N2O5. The van der Waals surface area contributed by atoms with Crippen LogP contribution in [0.5, 0.6) is 0 Å². The first-order valence-electron chi connectivity index (χ1n) is 8.92. The van der Waals surface area contributed by atoms with Crippen molar-refractivity contribution >= 4 is 12.2 Å². The van der Waals surface area contributed by atoms with E-state index in [9.17, 15) is 22.8 Å². The van der Waals surface area contributed by atoms with E-state index in [1.807, 2.05) is 0 Å². The number of carbonyl (C=O) groups is 2. The SMILES string of the molecule is O=C(O)OC1CC(c2ccc(C(F)(F)F)cc2)CN(C(=O)N2CCOCC2)C1. The van der Waals surface area contributed by atoms with Gasteiger partial charge in [0.15, 0.2) is 0 Å². The number of carbonyl (C=O) groups excluding carboxylic acids is 1. The van der Waals surface area contributed by atoms with Gasteiger partial charge in [-0.05, 0) is 24.1 Å². The minimum absolute atomic E-state index is 0.111. The van der Waals surface area contributed by atoms with Gasteiger partial charge in [-0.1, -0.05) is 12.1 Å². The lowest BCUT2D eigenvalue weighted by Gasteiger charge is -2.40. The van der Waals surface area contributed by atoms with Crippen molar-refractivity contribution in [2.45, 2.75) is 24.6 Å². The molecule has 2 unspecified atom stereocenters. The van der Waals surface area contributed by atoms with E-state index in [1.54, 1.807) is 4.90 Å². The smallest absolute Gasteiger partial charge is 0.450 e. The van der Waals surface area contributed by atoms with Gasteiger partial charge >= 0.3 is 18.4 Å². The fourth-order valence-electron chi connectivity index (χ4n) is 3.58. The second-order valence-electron chi connectivity index (χ2n) is 6.85. The number of alkyl halides is 3. The summed E-state index contributed by atoms with van der Waals surface area (Å²) in [5, 5.41) is 8.94. The van der Waals surface area contributed by atoms with Gasteiger partial charge in [0, 0.05) is 25.6 Å². The number of urea groups is 1. The first-order valence-corrected chi connectivity index (χ1v) is 8.92. The van der Waals surface area contributed by atoms with Crippen molar-refractivity contribution in [3.8, 4) is 0 Å². The van der Waals surface area contributed by atoms with Gasteiger partial charge in [0.05, 0.1) is 25.3 Å². The maximum Gasteiger partial charge on any atom is 0.506 e. The van der Waals surface area contributed by atoms with Gasteiger partial charge in [-0.3, -0.25) is 0 Å². The van der Waals surface area contributed by atoms with Crippen LogP contribution in [0.3, 0.4) is 0 Å². The summed E-state index contributed by atoms with van der Waals surface area (Å²) in [6, 6.07) is 4.47. The molecule has 1 N–H and O–H groups in total. The van der Waals surface area contributed by atoms with Gasteiger partial charge in [0.25, 0.3) is 0 Å². The molecule has 0 aromatic heterocycles. The topological polar surface area (TPSA) is 79.3 Å². The molecule has 28 heavy (non-hydrogen) atoms. The highest BCUT2D eigenvalue weighted by Gasteiger charge is 2.36. The third-order valence-electron chi connectivity index (χ3n) is 4.94.